The minimum Gasteiger partial charge on any atom is -0.392 e. The molecule has 0 fully saturated rings. The Morgan fingerprint density at radius 2 is 0.400 bits per heavy atom. The van der Waals surface area contributed by atoms with Crippen LogP contribution in [0.25, 0.3) is 44.5 Å². The van der Waals surface area contributed by atoms with Gasteiger partial charge in [0.25, 0.3) is 0 Å². The highest BCUT2D eigenvalue weighted by molar-refractivity contribution is 5.82. The maximum atomic E-state index is 9.70. The summed E-state index contributed by atoms with van der Waals surface area (Å²) in [6.07, 6.45) is 0. The molecule has 4 nitrogen and oxygen atoms in total. The summed E-state index contributed by atoms with van der Waals surface area (Å²) in [7, 11) is 0. The van der Waals surface area contributed by atoms with Gasteiger partial charge in [-0.2, -0.15) is 0 Å². The molecule has 0 aliphatic rings. The van der Waals surface area contributed by atoms with E-state index in [9.17, 15) is 10.2 Å². The van der Waals surface area contributed by atoms with Crippen LogP contribution in [-0.2, 0) is 13.2 Å². The van der Waals surface area contributed by atoms with Gasteiger partial charge in [-0.1, -0.05) is 158 Å². The maximum Gasteiger partial charge on any atom is 0.0681 e. The number of rotatable bonds is 12. The molecular weight excluding hydrogens is 733 g/mol. The summed E-state index contributed by atoms with van der Waals surface area (Å²) in [5, 5.41) is 19.4. The molecule has 9 aromatic carbocycles. The Labute approximate surface area is 352 Å². The van der Waals surface area contributed by atoms with Gasteiger partial charge in [-0.15, -0.1) is 0 Å². The molecule has 0 saturated heterocycles. The molecule has 290 valence electrons. The molecule has 9 aromatic rings. The van der Waals surface area contributed by atoms with Gasteiger partial charge in [-0.3, -0.25) is 0 Å². The quantitative estimate of drug-likeness (QED) is 0.130. The molecule has 0 unspecified atom stereocenters. The van der Waals surface area contributed by atoms with Crippen LogP contribution in [0.4, 0.5) is 34.1 Å². The van der Waals surface area contributed by atoms with E-state index in [1.165, 1.54) is 22.3 Å². The van der Waals surface area contributed by atoms with E-state index in [4.69, 9.17) is 0 Å². The lowest BCUT2D eigenvalue weighted by atomic mass is 9.99. The van der Waals surface area contributed by atoms with E-state index >= 15 is 0 Å². The number of aliphatic hydroxyl groups is 2. The van der Waals surface area contributed by atoms with E-state index in [2.05, 4.69) is 204 Å². The molecular formula is C56H44N2O2. The third-order valence-corrected chi connectivity index (χ3v) is 11.0. The average molecular weight is 777 g/mol. The highest BCUT2D eigenvalue weighted by atomic mass is 16.3. The van der Waals surface area contributed by atoms with Crippen molar-refractivity contribution in [2.45, 2.75) is 13.2 Å². The van der Waals surface area contributed by atoms with Crippen LogP contribution < -0.4 is 9.80 Å². The molecule has 0 aliphatic heterocycles. The minimum atomic E-state index is 0.00982. The number of aliphatic hydroxyl groups excluding tert-OH is 2. The predicted molar refractivity (Wildman–Crippen MR) is 249 cm³/mol. The molecule has 0 aromatic heterocycles. The molecule has 0 bridgehead atoms. The average Bonchev–Trinajstić information content (AvgIpc) is 3.34. The summed E-state index contributed by atoms with van der Waals surface area (Å²) in [4.78, 5) is 4.50. The zero-order valence-electron chi connectivity index (χ0n) is 33.1. The highest BCUT2D eigenvalue weighted by Gasteiger charge is 2.15. The van der Waals surface area contributed by atoms with Gasteiger partial charge >= 0.3 is 0 Å². The highest BCUT2D eigenvalue weighted by Crippen LogP contribution is 2.39. The standard InChI is InChI=1S/C56H44N2O2/c59-39-41-11-27-51(28-12-41)57(53-31-19-47(20-32-53)43-7-3-1-4-8-43)55-35-23-49(24-36-55)45-15-17-46(18-16-45)50-25-37-56(38-26-50)58(52-29-13-42(40-60)14-30-52)54-33-21-48(22-34-54)44-9-5-2-6-10-44/h1-38,59-60H,39-40H2. The van der Waals surface area contributed by atoms with Gasteiger partial charge in [-0.25, -0.2) is 0 Å². The Balaban J connectivity index is 0.957. The number of hydrogen-bond donors (Lipinski definition) is 2. The summed E-state index contributed by atoms with van der Waals surface area (Å²) in [6.45, 7) is 0.0196. The van der Waals surface area contributed by atoms with Gasteiger partial charge < -0.3 is 20.0 Å². The van der Waals surface area contributed by atoms with Crippen molar-refractivity contribution in [1.82, 2.24) is 0 Å². The van der Waals surface area contributed by atoms with Crippen LogP contribution >= 0.6 is 0 Å². The first kappa shape index (κ1) is 38.0. The van der Waals surface area contributed by atoms with Gasteiger partial charge in [0.05, 0.1) is 13.2 Å². The van der Waals surface area contributed by atoms with Crippen LogP contribution in [0.15, 0.2) is 231 Å². The largest absolute Gasteiger partial charge is 0.392 e. The molecule has 4 heteroatoms. The van der Waals surface area contributed by atoms with Crippen molar-refractivity contribution in [3.8, 4) is 44.5 Å². The Morgan fingerprint density at radius 3 is 0.617 bits per heavy atom. The van der Waals surface area contributed by atoms with Crippen LogP contribution in [0.5, 0.6) is 0 Å². The number of nitrogens with zero attached hydrogens (tertiary/aromatic N) is 2. The smallest absolute Gasteiger partial charge is 0.0681 e. The predicted octanol–water partition coefficient (Wildman–Crippen LogP) is 14.3. The van der Waals surface area contributed by atoms with Crippen LogP contribution in [0.2, 0.25) is 0 Å². The van der Waals surface area contributed by atoms with Crippen LogP contribution in [0, 0.1) is 0 Å². The summed E-state index contributed by atoms with van der Waals surface area (Å²) in [5.74, 6) is 0. The molecule has 0 aliphatic carbocycles. The lowest BCUT2D eigenvalue weighted by molar-refractivity contribution is 0.281. The normalized spacial score (nSPS) is 11.0. The molecule has 0 spiro atoms. The topological polar surface area (TPSA) is 46.9 Å². The van der Waals surface area contributed by atoms with E-state index < -0.39 is 0 Å². The number of benzene rings is 9. The summed E-state index contributed by atoms with van der Waals surface area (Å²) in [6, 6.07) is 80.5. The van der Waals surface area contributed by atoms with Crippen LogP contribution in [-0.4, -0.2) is 10.2 Å². The molecule has 60 heavy (non-hydrogen) atoms. The van der Waals surface area contributed by atoms with Crippen molar-refractivity contribution < 1.29 is 10.2 Å². The Hall–Kier alpha value is -7.50. The van der Waals surface area contributed by atoms with Gasteiger partial charge in [0.1, 0.15) is 0 Å². The number of anilines is 6. The first-order valence-electron chi connectivity index (χ1n) is 20.3. The van der Waals surface area contributed by atoms with E-state index in [1.54, 1.807) is 0 Å². The zero-order chi connectivity index (χ0) is 40.7. The molecule has 0 radical (unpaired) electrons. The fourth-order valence-electron chi connectivity index (χ4n) is 7.72. The van der Waals surface area contributed by atoms with Crippen molar-refractivity contribution in [1.29, 1.82) is 0 Å². The summed E-state index contributed by atoms with van der Waals surface area (Å²) in [5.41, 5.74) is 17.3. The lowest BCUT2D eigenvalue weighted by Gasteiger charge is -2.26. The van der Waals surface area contributed by atoms with Crippen molar-refractivity contribution in [3.63, 3.8) is 0 Å². The molecule has 2 N–H and O–H groups in total. The summed E-state index contributed by atoms with van der Waals surface area (Å²) >= 11 is 0. The van der Waals surface area contributed by atoms with Crippen LogP contribution in [0.1, 0.15) is 11.1 Å². The Kier molecular flexibility index (Phi) is 11.1. The first-order valence-corrected chi connectivity index (χ1v) is 20.3. The molecule has 0 saturated carbocycles. The maximum absolute atomic E-state index is 9.70. The second-order valence-electron chi connectivity index (χ2n) is 14.8. The fourth-order valence-corrected chi connectivity index (χ4v) is 7.72. The van der Waals surface area contributed by atoms with E-state index in [-0.39, 0.29) is 13.2 Å². The van der Waals surface area contributed by atoms with E-state index in [0.717, 1.165) is 67.5 Å². The first-order chi connectivity index (χ1) is 29.6. The molecule has 0 heterocycles. The Bertz CT molecular complexity index is 2550. The van der Waals surface area contributed by atoms with Gasteiger partial charge in [-0.05, 0) is 128 Å². The second-order valence-corrected chi connectivity index (χ2v) is 14.8. The summed E-state index contributed by atoms with van der Waals surface area (Å²) < 4.78 is 0. The second kappa shape index (κ2) is 17.6. The van der Waals surface area contributed by atoms with Crippen molar-refractivity contribution in [3.05, 3.63) is 242 Å². The van der Waals surface area contributed by atoms with Gasteiger partial charge in [0.15, 0.2) is 0 Å². The van der Waals surface area contributed by atoms with Crippen molar-refractivity contribution in [2.24, 2.45) is 0 Å². The van der Waals surface area contributed by atoms with Crippen molar-refractivity contribution >= 4 is 34.1 Å². The third-order valence-electron chi connectivity index (χ3n) is 11.0. The zero-order valence-corrected chi connectivity index (χ0v) is 33.1. The molecule has 0 amide bonds. The fraction of sp³-hybridized carbons (Fsp3) is 0.0357. The molecule has 0 atom stereocenters. The van der Waals surface area contributed by atoms with Gasteiger partial charge in [0.2, 0.25) is 0 Å². The van der Waals surface area contributed by atoms with Crippen molar-refractivity contribution in [2.75, 3.05) is 9.80 Å². The minimum absolute atomic E-state index is 0.00982. The number of hydrogen-bond acceptors (Lipinski definition) is 4. The van der Waals surface area contributed by atoms with E-state index in [0.29, 0.717) is 0 Å². The Morgan fingerprint density at radius 1 is 0.217 bits per heavy atom. The monoisotopic (exact) mass is 776 g/mol. The third kappa shape index (κ3) is 8.25. The SMILES string of the molecule is OCc1ccc(N(c2ccc(-c3ccccc3)cc2)c2ccc(-c3ccc(-c4ccc(N(c5ccc(CO)cc5)c5ccc(-c6ccccc6)cc5)cc4)cc3)cc2)cc1. The molecule has 9 rings (SSSR count). The van der Waals surface area contributed by atoms with Crippen LogP contribution in [0.3, 0.4) is 0 Å². The van der Waals surface area contributed by atoms with E-state index in [1.807, 2.05) is 36.4 Å². The lowest BCUT2D eigenvalue weighted by Crippen LogP contribution is -2.10. The van der Waals surface area contributed by atoms with Gasteiger partial charge in [0, 0.05) is 34.1 Å².